The molecule has 1 aromatic carbocycles. The van der Waals surface area contributed by atoms with Crippen LogP contribution >= 0.6 is 0 Å². The number of piperazine rings is 1. The van der Waals surface area contributed by atoms with Crippen LogP contribution in [0, 0.1) is 5.82 Å². The van der Waals surface area contributed by atoms with Crippen molar-refractivity contribution in [2.24, 2.45) is 0 Å². The van der Waals surface area contributed by atoms with Gasteiger partial charge in [0.2, 0.25) is 17.6 Å². The molecule has 0 bridgehead atoms. The number of hydrogen-bond donors (Lipinski definition) is 1. The zero-order chi connectivity index (χ0) is 17.3. The number of rotatable bonds is 3. The fourth-order valence-corrected chi connectivity index (χ4v) is 2.35. The first-order valence-electron chi connectivity index (χ1n) is 7.03. The van der Waals surface area contributed by atoms with E-state index in [9.17, 15) is 22.4 Å². The molecule has 6 nitrogen and oxygen atoms in total. The zero-order valence-corrected chi connectivity index (χ0v) is 12.2. The molecule has 24 heavy (non-hydrogen) atoms. The minimum absolute atomic E-state index is 0.00998. The van der Waals surface area contributed by atoms with Crippen molar-refractivity contribution in [1.82, 2.24) is 20.4 Å². The highest BCUT2D eigenvalue weighted by molar-refractivity contribution is 5.78. The number of hydrogen-bond acceptors (Lipinski definition) is 5. The molecule has 0 spiro atoms. The van der Waals surface area contributed by atoms with Crippen LogP contribution in [0.4, 0.5) is 17.6 Å². The molecule has 1 aromatic heterocycles. The zero-order valence-electron chi connectivity index (χ0n) is 12.2. The van der Waals surface area contributed by atoms with Crippen LogP contribution in [0.2, 0.25) is 0 Å². The molecule has 1 fully saturated rings. The first-order valence-corrected chi connectivity index (χ1v) is 7.03. The molecule has 0 aliphatic carbocycles. The van der Waals surface area contributed by atoms with E-state index in [0.717, 1.165) is 12.1 Å². The van der Waals surface area contributed by atoms with Crippen molar-refractivity contribution in [2.75, 3.05) is 19.6 Å². The molecule has 0 unspecified atom stereocenters. The third kappa shape index (κ3) is 3.37. The van der Waals surface area contributed by atoms with Gasteiger partial charge < -0.3 is 14.7 Å². The van der Waals surface area contributed by atoms with E-state index in [1.807, 2.05) is 0 Å². The number of alkyl halides is 3. The van der Waals surface area contributed by atoms with Crippen LogP contribution in [0.25, 0.3) is 11.4 Å². The van der Waals surface area contributed by atoms with Crippen molar-refractivity contribution in [3.8, 4) is 11.4 Å². The second-order valence-corrected chi connectivity index (χ2v) is 5.19. The molecule has 10 heteroatoms. The molecule has 0 saturated carbocycles. The SMILES string of the molecule is O=C1CNCCN1Cc1nc(-c2ccc(F)cc2C(F)(F)F)no1. The fraction of sp³-hybridized carbons (Fsp3) is 0.357. The Hall–Kier alpha value is -2.49. The maximum absolute atomic E-state index is 13.1. The molecule has 0 atom stereocenters. The minimum Gasteiger partial charge on any atom is -0.337 e. The molecule has 128 valence electrons. The van der Waals surface area contributed by atoms with Crippen molar-refractivity contribution in [3.05, 3.63) is 35.5 Å². The maximum Gasteiger partial charge on any atom is 0.417 e. The second-order valence-electron chi connectivity index (χ2n) is 5.19. The van der Waals surface area contributed by atoms with Gasteiger partial charge in [-0.3, -0.25) is 4.79 Å². The van der Waals surface area contributed by atoms with E-state index in [0.29, 0.717) is 19.2 Å². The summed E-state index contributed by atoms with van der Waals surface area (Å²) in [5.74, 6) is -1.47. The summed E-state index contributed by atoms with van der Waals surface area (Å²) in [6.45, 7) is 1.22. The minimum atomic E-state index is -4.76. The summed E-state index contributed by atoms with van der Waals surface area (Å²) in [4.78, 5) is 17.0. The molecule has 1 aliphatic rings. The number of benzene rings is 1. The van der Waals surface area contributed by atoms with Gasteiger partial charge in [-0.1, -0.05) is 5.16 Å². The van der Waals surface area contributed by atoms with E-state index >= 15 is 0 Å². The smallest absolute Gasteiger partial charge is 0.337 e. The van der Waals surface area contributed by atoms with Crippen molar-refractivity contribution in [1.29, 1.82) is 0 Å². The lowest BCUT2D eigenvalue weighted by Crippen LogP contribution is -2.47. The Morgan fingerprint density at radius 2 is 2.12 bits per heavy atom. The van der Waals surface area contributed by atoms with Crippen LogP contribution in [-0.2, 0) is 17.5 Å². The van der Waals surface area contributed by atoms with Gasteiger partial charge in [0, 0.05) is 18.7 Å². The number of carbonyl (C=O) groups is 1. The number of amides is 1. The largest absolute Gasteiger partial charge is 0.417 e. The Labute approximate surface area is 133 Å². The highest BCUT2D eigenvalue weighted by Gasteiger charge is 2.35. The van der Waals surface area contributed by atoms with Crippen LogP contribution in [0.1, 0.15) is 11.5 Å². The monoisotopic (exact) mass is 344 g/mol. The third-order valence-electron chi connectivity index (χ3n) is 3.51. The second kappa shape index (κ2) is 6.19. The van der Waals surface area contributed by atoms with Gasteiger partial charge in [-0.2, -0.15) is 18.2 Å². The Balaban J connectivity index is 1.87. The van der Waals surface area contributed by atoms with Gasteiger partial charge >= 0.3 is 6.18 Å². The molecule has 1 N–H and O–H groups in total. The average Bonchev–Trinajstić information content (AvgIpc) is 2.97. The summed E-state index contributed by atoms with van der Waals surface area (Å²) in [7, 11) is 0. The number of halogens is 4. The van der Waals surface area contributed by atoms with Gasteiger partial charge in [0.1, 0.15) is 12.4 Å². The Kier molecular flexibility index (Phi) is 4.22. The number of nitrogens with one attached hydrogen (secondary N) is 1. The molecule has 1 aliphatic heterocycles. The van der Waals surface area contributed by atoms with E-state index in [1.54, 1.807) is 0 Å². The van der Waals surface area contributed by atoms with Crippen molar-refractivity contribution in [2.45, 2.75) is 12.7 Å². The summed E-state index contributed by atoms with van der Waals surface area (Å²) < 4.78 is 57.2. The fourth-order valence-electron chi connectivity index (χ4n) is 2.35. The molecule has 1 saturated heterocycles. The summed E-state index contributed by atoms with van der Waals surface area (Å²) in [6.07, 6.45) is -4.76. The molecule has 3 rings (SSSR count). The van der Waals surface area contributed by atoms with Crippen LogP contribution in [0.5, 0.6) is 0 Å². The normalized spacial score (nSPS) is 15.8. The Morgan fingerprint density at radius 1 is 1.33 bits per heavy atom. The first kappa shape index (κ1) is 16.4. The summed E-state index contributed by atoms with van der Waals surface area (Å²) >= 11 is 0. The molecule has 2 heterocycles. The topological polar surface area (TPSA) is 71.3 Å². The highest BCUT2D eigenvalue weighted by atomic mass is 19.4. The number of aromatic nitrogens is 2. The van der Waals surface area contributed by atoms with E-state index < -0.39 is 17.6 Å². The van der Waals surface area contributed by atoms with Crippen molar-refractivity contribution < 1.29 is 26.9 Å². The van der Waals surface area contributed by atoms with Crippen molar-refractivity contribution >= 4 is 5.91 Å². The van der Waals surface area contributed by atoms with E-state index in [1.165, 1.54) is 4.90 Å². The molecule has 0 radical (unpaired) electrons. The first-order chi connectivity index (χ1) is 11.3. The van der Waals surface area contributed by atoms with Crippen molar-refractivity contribution in [3.63, 3.8) is 0 Å². The number of nitrogens with zero attached hydrogens (tertiary/aromatic N) is 3. The molecular formula is C14H12F4N4O2. The quantitative estimate of drug-likeness (QED) is 0.860. The van der Waals surface area contributed by atoms with Gasteiger partial charge in [0.15, 0.2) is 0 Å². The Bertz CT molecular complexity index is 759. The van der Waals surface area contributed by atoms with Crippen LogP contribution in [0.3, 0.4) is 0 Å². The van der Waals surface area contributed by atoms with E-state index in [4.69, 9.17) is 4.52 Å². The van der Waals surface area contributed by atoms with Crippen LogP contribution in [0.15, 0.2) is 22.7 Å². The lowest BCUT2D eigenvalue weighted by Gasteiger charge is -2.25. The van der Waals surface area contributed by atoms with E-state index in [-0.39, 0.29) is 36.3 Å². The van der Waals surface area contributed by atoms with Gasteiger partial charge in [-0.15, -0.1) is 0 Å². The summed E-state index contributed by atoms with van der Waals surface area (Å²) in [5.41, 5.74) is -1.57. The third-order valence-corrected chi connectivity index (χ3v) is 3.51. The van der Waals surface area contributed by atoms with Gasteiger partial charge in [0.25, 0.3) is 0 Å². The molecule has 2 aromatic rings. The standard InChI is InChI=1S/C14H12F4N4O2/c15-8-1-2-9(10(5-8)14(16,17)18)13-20-11(24-21-13)7-22-4-3-19-6-12(22)23/h1-2,5,19H,3-4,6-7H2. The molecule has 1 amide bonds. The number of carbonyl (C=O) groups excluding carboxylic acids is 1. The predicted molar refractivity (Wildman–Crippen MR) is 73.0 cm³/mol. The Morgan fingerprint density at radius 3 is 2.83 bits per heavy atom. The van der Waals surface area contributed by atoms with Gasteiger partial charge in [0.05, 0.1) is 12.1 Å². The highest BCUT2D eigenvalue weighted by Crippen LogP contribution is 2.36. The van der Waals surface area contributed by atoms with Crippen LogP contribution < -0.4 is 5.32 Å². The molecular weight excluding hydrogens is 332 g/mol. The van der Waals surface area contributed by atoms with Crippen LogP contribution in [-0.4, -0.2) is 40.6 Å². The van der Waals surface area contributed by atoms with Gasteiger partial charge in [-0.05, 0) is 18.2 Å². The maximum atomic E-state index is 13.1. The van der Waals surface area contributed by atoms with E-state index in [2.05, 4.69) is 15.5 Å². The summed E-state index contributed by atoms with van der Waals surface area (Å²) in [6, 6.07) is 2.22. The lowest BCUT2D eigenvalue weighted by molar-refractivity contribution is -0.137. The summed E-state index contributed by atoms with van der Waals surface area (Å²) in [5, 5.41) is 6.41. The van der Waals surface area contributed by atoms with Gasteiger partial charge in [-0.25, -0.2) is 4.39 Å². The predicted octanol–water partition coefficient (Wildman–Crippen LogP) is 1.83. The lowest BCUT2D eigenvalue weighted by atomic mass is 10.1. The average molecular weight is 344 g/mol.